The minimum atomic E-state index is -0.551. The number of ether oxygens (including phenoxy) is 1. The predicted octanol–water partition coefficient (Wildman–Crippen LogP) is 3.21. The summed E-state index contributed by atoms with van der Waals surface area (Å²) in [6, 6.07) is 11.6. The summed E-state index contributed by atoms with van der Waals surface area (Å²) in [4.78, 5) is 34.3. The fraction of sp³-hybridized carbons (Fsp3) is 0.227. The van der Waals surface area contributed by atoms with Crippen LogP contribution in [-0.2, 0) is 17.7 Å². The van der Waals surface area contributed by atoms with E-state index in [0.29, 0.717) is 18.0 Å². The Morgan fingerprint density at radius 1 is 1.07 bits per heavy atom. The van der Waals surface area contributed by atoms with Crippen LogP contribution >= 0.6 is 0 Å². The third kappa shape index (κ3) is 3.71. The van der Waals surface area contributed by atoms with E-state index < -0.39 is 5.97 Å². The van der Waals surface area contributed by atoms with Gasteiger partial charge in [-0.25, -0.2) is 14.8 Å². The maximum absolute atomic E-state index is 13.0. The second-order valence-corrected chi connectivity index (χ2v) is 6.66. The van der Waals surface area contributed by atoms with Crippen molar-refractivity contribution in [2.75, 3.05) is 6.61 Å². The standard InChI is InChI=1S/C22H21N5O3/c1-3-27-20(17(13-23-27)21(29)30-4-2)19(28)12-16-10-11-26-14-18(25-22(26)24-16)15-8-6-5-7-9-15/h5-11,13-14H,3-4,12H2,1-2H3. The van der Waals surface area contributed by atoms with Crippen LogP contribution in [0.15, 0.2) is 55.0 Å². The number of ketones is 1. The van der Waals surface area contributed by atoms with Crippen LogP contribution in [0.25, 0.3) is 17.0 Å². The molecule has 0 aliphatic heterocycles. The summed E-state index contributed by atoms with van der Waals surface area (Å²) in [7, 11) is 0. The molecule has 1 aromatic carbocycles. The van der Waals surface area contributed by atoms with Crippen molar-refractivity contribution in [2.24, 2.45) is 0 Å². The average molecular weight is 403 g/mol. The van der Waals surface area contributed by atoms with Gasteiger partial charge in [0, 0.05) is 24.5 Å². The van der Waals surface area contributed by atoms with E-state index in [-0.39, 0.29) is 30.1 Å². The number of imidazole rings is 1. The van der Waals surface area contributed by atoms with Crippen LogP contribution in [0.4, 0.5) is 0 Å². The third-order valence-corrected chi connectivity index (χ3v) is 4.69. The number of aromatic nitrogens is 5. The molecule has 152 valence electrons. The zero-order chi connectivity index (χ0) is 21.1. The molecule has 0 bridgehead atoms. The number of esters is 1. The van der Waals surface area contributed by atoms with Crippen molar-refractivity contribution in [3.05, 3.63) is 71.9 Å². The number of benzene rings is 1. The number of hydrogen-bond acceptors (Lipinski definition) is 6. The first kappa shape index (κ1) is 19.5. The van der Waals surface area contributed by atoms with Crippen molar-refractivity contribution in [3.63, 3.8) is 0 Å². The molecule has 0 saturated heterocycles. The van der Waals surface area contributed by atoms with Crippen molar-refractivity contribution in [2.45, 2.75) is 26.8 Å². The van der Waals surface area contributed by atoms with Gasteiger partial charge in [0.25, 0.3) is 0 Å². The minimum absolute atomic E-state index is 0.0299. The summed E-state index contributed by atoms with van der Waals surface area (Å²) in [5.74, 6) is -0.289. The van der Waals surface area contributed by atoms with Crippen LogP contribution in [0.3, 0.4) is 0 Å². The summed E-state index contributed by atoms with van der Waals surface area (Å²) >= 11 is 0. The molecule has 8 heteroatoms. The Labute approximate surface area is 173 Å². The third-order valence-electron chi connectivity index (χ3n) is 4.69. The molecule has 3 aromatic heterocycles. The molecule has 0 aliphatic rings. The van der Waals surface area contributed by atoms with Gasteiger partial charge < -0.3 is 4.74 Å². The van der Waals surface area contributed by atoms with Gasteiger partial charge in [-0.2, -0.15) is 5.10 Å². The SMILES string of the molecule is CCOC(=O)c1cnn(CC)c1C(=O)Cc1ccn2cc(-c3ccccc3)nc2n1. The lowest BCUT2D eigenvalue weighted by molar-refractivity contribution is 0.0522. The van der Waals surface area contributed by atoms with Gasteiger partial charge in [0.1, 0.15) is 11.3 Å². The zero-order valence-corrected chi connectivity index (χ0v) is 16.8. The minimum Gasteiger partial charge on any atom is -0.462 e. The molecule has 30 heavy (non-hydrogen) atoms. The number of aryl methyl sites for hydroxylation is 1. The van der Waals surface area contributed by atoms with E-state index in [9.17, 15) is 9.59 Å². The highest BCUT2D eigenvalue weighted by Crippen LogP contribution is 2.19. The van der Waals surface area contributed by atoms with Crippen molar-refractivity contribution in [1.29, 1.82) is 0 Å². The Hall–Kier alpha value is -3.81. The fourth-order valence-electron chi connectivity index (χ4n) is 3.28. The van der Waals surface area contributed by atoms with Crippen molar-refractivity contribution in [1.82, 2.24) is 24.1 Å². The molecule has 0 fully saturated rings. The molecule has 0 N–H and O–H groups in total. The quantitative estimate of drug-likeness (QED) is 0.348. The van der Waals surface area contributed by atoms with Crippen LogP contribution in [0.5, 0.6) is 0 Å². The van der Waals surface area contributed by atoms with Crippen LogP contribution in [0.1, 0.15) is 40.4 Å². The van der Waals surface area contributed by atoms with Crippen molar-refractivity contribution in [3.8, 4) is 11.3 Å². The summed E-state index contributed by atoms with van der Waals surface area (Å²) in [6.07, 6.45) is 5.14. The molecule has 0 amide bonds. The van der Waals surface area contributed by atoms with Crippen molar-refractivity contribution < 1.29 is 14.3 Å². The van der Waals surface area contributed by atoms with Crippen LogP contribution in [0.2, 0.25) is 0 Å². The topological polar surface area (TPSA) is 91.4 Å². The first-order valence-corrected chi connectivity index (χ1v) is 9.76. The first-order valence-electron chi connectivity index (χ1n) is 9.76. The molecule has 0 spiro atoms. The van der Waals surface area contributed by atoms with Crippen LogP contribution in [-0.4, -0.2) is 42.5 Å². The van der Waals surface area contributed by atoms with Crippen molar-refractivity contribution >= 4 is 17.5 Å². The normalized spacial score (nSPS) is 11.0. The summed E-state index contributed by atoms with van der Waals surface area (Å²) in [5, 5.41) is 4.15. The second kappa shape index (κ2) is 8.28. The number of fused-ring (bicyclic) bond motifs is 1. The van der Waals surface area contributed by atoms with Gasteiger partial charge >= 0.3 is 5.97 Å². The maximum atomic E-state index is 13.0. The van der Waals surface area contributed by atoms with E-state index in [1.807, 2.05) is 54.0 Å². The molecule has 0 atom stereocenters. The van der Waals surface area contributed by atoms with Gasteiger partial charge in [-0.15, -0.1) is 0 Å². The Morgan fingerprint density at radius 2 is 1.87 bits per heavy atom. The monoisotopic (exact) mass is 403 g/mol. The molecule has 4 aromatic rings. The zero-order valence-electron chi connectivity index (χ0n) is 16.8. The lowest BCUT2D eigenvalue weighted by atomic mass is 10.1. The number of carbonyl (C=O) groups excluding carboxylic acids is 2. The van der Waals surface area contributed by atoms with Gasteiger partial charge in [0.05, 0.1) is 30.6 Å². The van der Waals surface area contributed by atoms with Gasteiger partial charge in [-0.3, -0.25) is 13.9 Å². The summed E-state index contributed by atoms with van der Waals surface area (Å²) < 4.78 is 8.38. The van der Waals surface area contributed by atoms with Gasteiger partial charge in [0.2, 0.25) is 5.78 Å². The molecule has 0 unspecified atom stereocenters. The average Bonchev–Trinajstić information content (AvgIpc) is 3.38. The molecule has 3 heterocycles. The van der Waals surface area contributed by atoms with Gasteiger partial charge in [-0.05, 0) is 19.9 Å². The highest BCUT2D eigenvalue weighted by molar-refractivity contribution is 6.05. The fourth-order valence-corrected chi connectivity index (χ4v) is 3.28. The van der Waals surface area contributed by atoms with E-state index in [4.69, 9.17) is 4.74 Å². The Balaban J connectivity index is 1.62. The van der Waals surface area contributed by atoms with E-state index >= 15 is 0 Å². The van der Waals surface area contributed by atoms with Gasteiger partial charge in [-0.1, -0.05) is 30.3 Å². The lowest BCUT2D eigenvalue weighted by Crippen LogP contribution is -2.17. The van der Waals surface area contributed by atoms with E-state index in [2.05, 4.69) is 15.1 Å². The number of Topliss-reactive ketones (excluding diaryl/α,β-unsaturated/α-hetero) is 1. The molecule has 4 rings (SSSR count). The van der Waals surface area contributed by atoms with Crippen LogP contribution < -0.4 is 0 Å². The maximum Gasteiger partial charge on any atom is 0.342 e. The Kier molecular flexibility index (Phi) is 5.38. The number of carbonyl (C=O) groups is 2. The van der Waals surface area contributed by atoms with E-state index in [1.54, 1.807) is 13.0 Å². The smallest absolute Gasteiger partial charge is 0.342 e. The molecule has 0 saturated carbocycles. The summed E-state index contributed by atoms with van der Waals surface area (Å²) in [5.41, 5.74) is 2.78. The second-order valence-electron chi connectivity index (χ2n) is 6.66. The molecule has 8 nitrogen and oxygen atoms in total. The number of nitrogens with zero attached hydrogens (tertiary/aromatic N) is 5. The predicted molar refractivity (Wildman–Crippen MR) is 110 cm³/mol. The molecular formula is C22H21N5O3. The lowest BCUT2D eigenvalue weighted by Gasteiger charge is -2.07. The highest BCUT2D eigenvalue weighted by atomic mass is 16.5. The Bertz CT molecular complexity index is 1210. The van der Waals surface area contributed by atoms with Crippen LogP contribution in [0, 0.1) is 0 Å². The highest BCUT2D eigenvalue weighted by Gasteiger charge is 2.24. The van der Waals surface area contributed by atoms with Gasteiger partial charge in [0.15, 0.2) is 5.78 Å². The molecule has 0 aliphatic carbocycles. The largest absolute Gasteiger partial charge is 0.462 e. The number of hydrogen-bond donors (Lipinski definition) is 0. The molecular weight excluding hydrogens is 382 g/mol. The first-order chi connectivity index (χ1) is 14.6. The number of rotatable bonds is 7. The Morgan fingerprint density at radius 3 is 2.60 bits per heavy atom. The molecule has 0 radical (unpaired) electrons. The summed E-state index contributed by atoms with van der Waals surface area (Å²) in [6.45, 7) is 4.27. The van der Waals surface area contributed by atoms with E-state index in [0.717, 1.165) is 11.3 Å². The van der Waals surface area contributed by atoms with E-state index in [1.165, 1.54) is 10.9 Å².